The van der Waals surface area contributed by atoms with E-state index >= 15 is 0 Å². The Kier molecular flexibility index (Phi) is 5.50. The molecular formula is C16H27FN2. The van der Waals surface area contributed by atoms with Gasteiger partial charge in [0.15, 0.2) is 0 Å². The predicted molar refractivity (Wildman–Crippen MR) is 79.4 cm³/mol. The summed E-state index contributed by atoms with van der Waals surface area (Å²) < 4.78 is 13.7. The normalized spacial score (nSPS) is 15.6. The van der Waals surface area contributed by atoms with Crippen LogP contribution >= 0.6 is 0 Å². The second-order valence-corrected chi connectivity index (χ2v) is 6.39. The van der Waals surface area contributed by atoms with Gasteiger partial charge in [0.25, 0.3) is 0 Å². The highest BCUT2D eigenvalue weighted by molar-refractivity contribution is 5.17. The largest absolute Gasteiger partial charge is 0.326 e. The van der Waals surface area contributed by atoms with Crippen LogP contribution in [0.25, 0.3) is 0 Å². The lowest BCUT2D eigenvalue weighted by atomic mass is 9.80. The van der Waals surface area contributed by atoms with Gasteiger partial charge >= 0.3 is 0 Å². The van der Waals surface area contributed by atoms with E-state index in [1.165, 1.54) is 6.07 Å². The molecule has 1 rings (SSSR count). The van der Waals surface area contributed by atoms with Gasteiger partial charge in [-0.25, -0.2) is 4.39 Å². The van der Waals surface area contributed by atoms with E-state index in [1.54, 1.807) is 6.07 Å². The predicted octanol–water partition coefficient (Wildman–Crippen LogP) is 3.41. The van der Waals surface area contributed by atoms with Gasteiger partial charge in [-0.15, -0.1) is 0 Å². The minimum Gasteiger partial charge on any atom is -0.326 e. The molecule has 0 radical (unpaired) electrons. The summed E-state index contributed by atoms with van der Waals surface area (Å²) in [6, 6.07) is 7.25. The van der Waals surface area contributed by atoms with E-state index in [4.69, 9.17) is 5.73 Å². The van der Waals surface area contributed by atoms with E-state index in [9.17, 15) is 4.39 Å². The lowest BCUT2D eigenvalue weighted by molar-refractivity contribution is 0.0929. The highest BCUT2D eigenvalue weighted by Crippen LogP contribution is 2.28. The number of halogens is 1. The highest BCUT2D eigenvalue weighted by Gasteiger charge is 2.32. The fraction of sp³-hybridized carbons (Fsp3) is 0.625. The Morgan fingerprint density at radius 1 is 1.26 bits per heavy atom. The topological polar surface area (TPSA) is 29.3 Å². The van der Waals surface area contributed by atoms with E-state index in [1.807, 2.05) is 19.2 Å². The van der Waals surface area contributed by atoms with E-state index in [0.29, 0.717) is 6.54 Å². The van der Waals surface area contributed by atoms with Crippen LogP contribution in [0.2, 0.25) is 0 Å². The van der Waals surface area contributed by atoms with Crippen molar-refractivity contribution in [1.82, 2.24) is 4.90 Å². The quantitative estimate of drug-likeness (QED) is 0.885. The Bertz CT molecular complexity index is 398. The Morgan fingerprint density at radius 2 is 1.84 bits per heavy atom. The van der Waals surface area contributed by atoms with Crippen molar-refractivity contribution in [2.75, 3.05) is 7.05 Å². The van der Waals surface area contributed by atoms with Crippen LogP contribution in [0.4, 0.5) is 4.39 Å². The fourth-order valence-corrected chi connectivity index (χ4v) is 2.85. The van der Waals surface area contributed by atoms with Crippen LogP contribution in [0.5, 0.6) is 0 Å². The number of nitrogens with two attached hydrogens (primary N) is 1. The van der Waals surface area contributed by atoms with Crippen molar-refractivity contribution in [3.8, 4) is 0 Å². The van der Waals surface area contributed by atoms with E-state index in [0.717, 1.165) is 12.0 Å². The molecule has 1 aromatic rings. The number of nitrogens with zero attached hydrogens (tertiary/aromatic N) is 1. The molecule has 19 heavy (non-hydrogen) atoms. The molecule has 0 aromatic heterocycles. The Balaban J connectivity index is 2.89. The molecule has 0 spiro atoms. The smallest absolute Gasteiger partial charge is 0.127 e. The third-order valence-electron chi connectivity index (χ3n) is 3.62. The zero-order valence-electron chi connectivity index (χ0n) is 12.8. The molecule has 0 amide bonds. The van der Waals surface area contributed by atoms with Crippen LogP contribution in [0, 0.1) is 11.2 Å². The van der Waals surface area contributed by atoms with Gasteiger partial charge in [-0.2, -0.15) is 0 Å². The molecule has 2 nitrogen and oxygen atoms in total. The van der Waals surface area contributed by atoms with Crippen LogP contribution < -0.4 is 5.73 Å². The minimum atomic E-state index is -0.146. The molecule has 2 N–H and O–H groups in total. The third-order valence-corrected chi connectivity index (χ3v) is 3.62. The standard InChI is InChI=1S/C16H27FN2/c1-6-14(18)15(16(2,3)4)19(5)11-12-9-7-8-10-13(12)17/h7-10,14-15H,6,11,18H2,1-5H3. The Labute approximate surface area is 116 Å². The molecule has 2 atom stereocenters. The summed E-state index contributed by atoms with van der Waals surface area (Å²) in [5.74, 6) is -0.146. The summed E-state index contributed by atoms with van der Waals surface area (Å²) in [4.78, 5) is 2.17. The average molecular weight is 266 g/mol. The molecule has 108 valence electrons. The molecule has 0 saturated carbocycles. The zero-order valence-corrected chi connectivity index (χ0v) is 12.8. The summed E-state index contributed by atoms with van der Waals surface area (Å²) in [5.41, 5.74) is 7.05. The molecule has 0 bridgehead atoms. The lowest BCUT2D eigenvalue weighted by Gasteiger charge is -2.41. The molecule has 0 aliphatic heterocycles. The van der Waals surface area contributed by atoms with E-state index in [2.05, 4.69) is 32.6 Å². The average Bonchev–Trinajstić information content (AvgIpc) is 2.30. The highest BCUT2D eigenvalue weighted by atomic mass is 19.1. The third kappa shape index (κ3) is 4.29. The molecule has 0 heterocycles. The van der Waals surface area contributed by atoms with Crippen molar-refractivity contribution in [3.63, 3.8) is 0 Å². The summed E-state index contributed by atoms with van der Waals surface area (Å²) >= 11 is 0. The maximum atomic E-state index is 13.7. The first kappa shape index (κ1) is 16.1. The minimum absolute atomic E-state index is 0.0649. The van der Waals surface area contributed by atoms with Gasteiger partial charge in [-0.1, -0.05) is 45.9 Å². The Hall–Kier alpha value is -0.930. The second kappa shape index (κ2) is 6.49. The molecule has 0 aliphatic rings. The number of likely N-dealkylation sites (N-methyl/N-ethyl adjacent to an activating group) is 1. The number of hydrogen-bond acceptors (Lipinski definition) is 2. The van der Waals surface area contributed by atoms with Crippen molar-refractivity contribution >= 4 is 0 Å². The zero-order chi connectivity index (χ0) is 14.6. The van der Waals surface area contributed by atoms with Crippen molar-refractivity contribution in [1.29, 1.82) is 0 Å². The molecule has 2 unspecified atom stereocenters. The molecule has 1 aromatic carbocycles. The fourth-order valence-electron chi connectivity index (χ4n) is 2.85. The van der Waals surface area contributed by atoms with Gasteiger partial charge in [0.2, 0.25) is 0 Å². The first-order chi connectivity index (χ1) is 8.77. The Morgan fingerprint density at radius 3 is 2.32 bits per heavy atom. The number of benzene rings is 1. The SMILES string of the molecule is CCC(N)C(N(C)Cc1ccccc1F)C(C)(C)C. The van der Waals surface area contributed by atoms with E-state index < -0.39 is 0 Å². The summed E-state index contributed by atoms with van der Waals surface area (Å²) in [6.45, 7) is 9.24. The second-order valence-electron chi connectivity index (χ2n) is 6.39. The number of hydrogen-bond donors (Lipinski definition) is 1. The lowest BCUT2D eigenvalue weighted by Crippen LogP contribution is -2.52. The summed E-state index contributed by atoms with van der Waals surface area (Å²) in [6.07, 6.45) is 0.920. The van der Waals surface area contributed by atoms with Crippen LogP contribution in [0.1, 0.15) is 39.7 Å². The maximum absolute atomic E-state index is 13.7. The van der Waals surface area contributed by atoms with Gasteiger partial charge in [0.05, 0.1) is 0 Å². The van der Waals surface area contributed by atoms with Crippen molar-refractivity contribution in [2.45, 2.75) is 52.7 Å². The van der Waals surface area contributed by atoms with E-state index in [-0.39, 0.29) is 23.3 Å². The van der Waals surface area contributed by atoms with Gasteiger partial charge in [-0.3, -0.25) is 4.90 Å². The van der Waals surface area contributed by atoms with Gasteiger partial charge in [-0.05, 0) is 24.9 Å². The van der Waals surface area contributed by atoms with Crippen molar-refractivity contribution in [3.05, 3.63) is 35.6 Å². The first-order valence-corrected chi connectivity index (χ1v) is 6.96. The monoisotopic (exact) mass is 266 g/mol. The van der Waals surface area contributed by atoms with Gasteiger partial charge < -0.3 is 5.73 Å². The first-order valence-electron chi connectivity index (χ1n) is 6.96. The van der Waals surface area contributed by atoms with Crippen LogP contribution in [0.15, 0.2) is 24.3 Å². The van der Waals surface area contributed by atoms with Crippen molar-refractivity contribution < 1.29 is 4.39 Å². The molecule has 0 fully saturated rings. The summed E-state index contributed by atoms with van der Waals surface area (Å²) in [7, 11) is 2.03. The molecular weight excluding hydrogens is 239 g/mol. The van der Waals surface area contributed by atoms with Gasteiger partial charge in [0.1, 0.15) is 5.82 Å². The van der Waals surface area contributed by atoms with Crippen LogP contribution in [0.3, 0.4) is 0 Å². The van der Waals surface area contributed by atoms with Crippen molar-refractivity contribution in [2.24, 2.45) is 11.1 Å². The molecule has 0 saturated heterocycles. The summed E-state index contributed by atoms with van der Waals surface area (Å²) in [5, 5.41) is 0. The van der Waals surface area contributed by atoms with Crippen LogP contribution in [-0.4, -0.2) is 24.0 Å². The molecule has 3 heteroatoms. The molecule has 0 aliphatic carbocycles. The maximum Gasteiger partial charge on any atom is 0.127 e. The van der Waals surface area contributed by atoms with Gasteiger partial charge in [0, 0.05) is 24.2 Å². The number of rotatable bonds is 5. The van der Waals surface area contributed by atoms with Crippen LogP contribution in [-0.2, 0) is 6.54 Å².